The smallest absolute Gasteiger partial charge is 0.416 e. The molecular formula is C9H9F4NO2. The van der Waals surface area contributed by atoms with E-state index in [9.17, 15) is 22.7 Å². The van der Waals surface area contributed by atoms with Crippen LogP contribution in [0.2, 0.25) is 0 Å². The van der Waals surface area contributed by atoms with Crippen LogP contribution in [0.3, 0.4) is 0 Å². The predicted octanol–water partition coefficient (Wildman–Crippen LogP) is 1.54. The number of phenols is 1. The first-order chi connectivity index (χ1) is 7.29. The third-order valence-corrected chi connectivity index (χ3v) is 2.04. The Morgan fingerprint density at radius 1 is 1.31 bits per heavy atom. The van der Waals surface area contributed by atoms with Crippen molar-refractivity contribution < 1.29 is 27.8 Å². The third kappa shape index (κ3) is 2.25. The molecule has 0 aliphatic rings. The summed E-state index contributed by atoms with van der Waals surface area (Å²) in [7, 11) is 0. The second kappa shape index (κ2) is 4.26. The van der Waals surface area contributed by atoms with E-state index in [0.717, 1.165) is 0 Å². The van der Waals surface area contributed by atoms with Gasteiger partial charge in [-0.1, -0.05) is 0 Å². The van der Waals surface area contributed by atoms with Crippen LogP contribution in [0.4, 0.5) is 17.6 Å². The fraction of sp³-hybridized carbons (Fsp3) is 0.333. The SMILES string of the molecule is N[C@@H](CO)c1c(C(F)(F)F)ccc(F)c1O. The van der Waals surface area contributed by atoms with Crippen LogP contribution in [0.25, 0.3) is 0 Å². The number of hydrogen-bond acceptors (Lipinski definition) is 3. The van der Waals surface area contributed by atoms with Crippen molar-refractivity contribution in [2.24, 2.45) is 5.73 Å². The first-order valence-electron chi connectivity index (χ1n) is 4.24. The van der Waals surface area contributed by atoms with Gasteiger partial charge in [0.05, 0.1) is 18.2 Å². The molecule has 0 saturated heterocycles. The maximum Gasteiger partial charge on any atom is 0.416 e. The topological polar surface area (TPSA) is 66.5 Å². The molecular weight excluding hydrogens is 230 g/mol. The van der Waals surface area contributed by atoms with E-state index in [1.54, 1.807) is 0 Å². The molecule has 1 rings (SSSR count). The van der Waals surface area contributed by atoms with Crippen molar-refractivity contribution in [3.63, 3.8) is 0 Å². The van der Waals surface area contributed by atoms with Gasteiger partial charge < -0.3 is 15.9 Å². The number of hydrogen-bond donors (Lipinski definition) is 3. The molecule has 0 aromatic heterocycles. The molecule has 0 unspecified atom stereocenters. The molecule has 1 atom stereocenters. The molecule has 0 aliphatic heterocycles. The molecule has 0 saturated carbocycles. The van der Waals surface area contributed by atoms with Gasteiger partial charge in [-0.15, -0.1) is 0 Å². The van der Waals surface area contributed by atoms with Crippen molar-refractivity contribution in [1.29, 1.82) is 0 Å². The van der Waals surface area contributed by atoms with Gasteiger partial charge in [-0.3, -0.25) is 0 Å². The zero-order valence-corrected chi connectivity index (χ0v) is 7.92. The van der Waals surface area contributed by atoms with Crippen molar-refractivity contribution in [3.8, 4) is 5.75 Å². The average molecular weight is 239 g/mol. The van der Waals surface area contributed by atoms with Crippen LogP contribution in [-0.2, 0) is 6.18 Å². The highest BCUT2D eigenvalue weighted by atomic mass is 19.4. The Labute approximate surface area is 88.1 Å². The first kappa shape index (κ1) is 12.7. The van der Waals surface area contributed by atoms with Crippen molar-refractivity contribution in [2.75, 3.05) is 6.61 Å². The lowest BCUT2D eigenvalue weighted by Crippen LogP contribution is -2.20. The molecule has 0 spiro atoms. The zero-order valence-electron chi connectivity index (χ0n) is 7.92. The number of nitrogens with two attached hydrogens (primary N) is 1. The molecule has 0 heterocycles. The van der Waals surface area contributed by atoms with E-state index >= 15 is 0 Å². The van der Waals surface area contributed by atoms with Crippen molar-refractivity contribution in [1.82, 2.24) is 0 Å². The monoisotopic (exact) mass is 239 g/mol. The average Bonchev–Trinajstić information content (AvgIpc) is 2.19. The van der Waals surface area contributed by atoms with E-state index in [-0.39, 0.29) is 0 Å². The van der Waals surface area contributed by atoms with Gasteiger partial charge >= 0.3 is 6.18 Å². The number of benzene rings is 1. The maximum atomic E-state index is 12.9. The van der Waals surface area contributed by atoms with Crippen LogP contribution in [-0.4, -0.2) is 16.8 Å². The minimum atomic E-state index is -4.77. The second-order valence-electron chi connectivity index (χ2n) is 3.14. The van der Waals surface area contributed by atoms with Crippen molar-refractivity contribution >= 4 is 0 Å². The van der Waals surface area contributed by atoms with Crippen LogP contribution < -0.4 is 5.73 Å². The standard InChI is InChI=1S/C9H9F4NO2/c10-5-2-1-4(9(11,12)13)7(8(5)16)6(14)3-15/h1-2,6,15-16H,3,14H2/t6-/m0/s1. The molecule has 0 aliphatic carbocycles. The lowest BCUT2D eigenvalue weighted by molar-refractivity contribution is -0.138. The number of rotatable bonds is 2. The molecule has 90 valence electrons. The number of aliphatic hydroxyl groups is 1. The van der Waals surface area contributed by atoms with Gasteiger partial charge in [0.1, 0.15) is 0 Å². The summed E-state index contributed by atoms with van der Waals surface area (Å²) in [5, 5.41) is 17.8. The molecule has 4 N–H and O–H groups in total. The highest BCUT2D eigenvalue weighted by Crippen LogP contribution is 2.39. The summed E-state index contributed by atoms with van der Waals surface area (Å²) in [6.07, 6.45) is -4.77. The van der Waals surface area contributed by atoms with Crippen LogP contribution in [0.15, 0.2) is 12.1 Å². The number of aliphatic hydroxyl groups excluding tert-OH is 1. The fourth-order valence-electron chi connectivity index (χ4n) is 1.30. The van der Waals surface area contributed by atoms with E-state index in [4.69, 9.17) is 10.8 Å². The minimum Gasteiger partial charge on any atom is -0.505 e. The zero-order chi connectivity index (χ0) is 12.5. The number of phenolic OH excluding ortho intramolecular Hbond substituents is 1. The summed E-state index contributed by atoms with van der Waals surface area (Å²) < 4.78 is 50.3. The molecule has 3 nitrogen and oxygen atoms in total. The highest BCUT2D eigenvalue weighted by Gasteiger charge is 2.36. The highest BCUT2D eigenvalue weighted by molar-refractivity contribution is 5.44. The Morgan fingerprint density at radius 3 is 2.31 bits per heavy atom. The van der Waals surface area contributed by atoms with Gasteiger partial charge in [0, 0.05) is 5.56 Å². The number of halogens is 4. The number of aromatic hydroxyl groups is 1. The van der Waals surface area contributed by atoms with Gasteiger partial charge in [0.2, 0.25) is 0 Å². The molecule has 7 heteroatoms. The Kier molecular flexibility index (Phi) is 3.39. The van der Waals surface area contributed by atoms with E-state index in [1.807, 2.05) is 0 Å². The van der Waals surface area contributed by atoms with Gasteiger partial charge in [-0.2, -0.15) is 13.2 Å². The van der Waals surface area contributed by atoms with Crippen LogP contribution in [0.5, 0.6) is 5.75 Å². The molecule has 0 fully saturated rings. The summed E-state index contributed by atoms with van der Waals surface area (Å²) in [6, 6.07) is -0.529. The van der Waals surface area contributed by atoms with Crippen LogP contribution in [0, 0.1) is 5.82 Å². The van der Waals surface area contributed by atoms with Crippen LogP contribution in [0.1, 0.15) is 17.2 Å². The molecule has 1 aromatic carbocycles. The Balaban J connectivity index is 3.45. The van der Waals surface area contributed by atoms with E-state index < -0.39 is 41.5 Å². The Morgan fingerprint density at radius 2 is 1.88 bits per heavy atom. The summed E-state index contributed by atoms with van der Waals surface area (Å²) in [4.78, 5) is 0. The van der Waals surface area contributed by atoms with Crippen molar-refractivity contribution in [2.45, 2.75) is 12.2 Å². The number of alkyl halides is 3. The van der Waals surface area contributed by atoms with E-state index in [2.05, 4.69) is 0 Å². The van der Waals surface area contributed by atoms with Crippen LogP contribution >= 0.6 is 0 Å². The second-order valence-corrected chi connectivity index (χ2v) is 3.14. The predicted molar refractivity (Wildman–Crippen MR) is 47.1 cm³/mol. The molecule has 0 bridgehead atoms. The quantitative estimate of drug-likeness (QED) is 0.686. The Bertz CT molecular complexity index is 392. The van der Waals surface area contributed by atoms with Gasteiger partial charge in [0.15, 0.2) is 11.6 Å². The molecule has 16 heavy (non-hydrogen) atoms. The lowest BCUT2D eigenvalue weighted by Gasteiger charge is -2.18. The summed E-state index contributed by atoms with van der Waals surface area (Å²) in [5.74, 6) is -2.40. The van der Waals surface area contributed by atoms with Gasteiger partial charge in [0.25, 0.3) is 0 Å². The lowest BCUT2D eigenvalue weighted by atomic mass is 9.99. The first-order valence-corrected chi connectivity index (χ1v) is 4.24. The summed E-state index contributed by atoms with van der Waals surface area (Å²) in [5.41, 5.74) is 3.09. The largest absolute Gasteiger partial charge is 0.505 e. The summed E-state index contributed by atoms with van der Waals surface area (Å²) in [6.45, 7) is -0.833. The van der Waals surface area contributed by atoms with E-state index in [0.29, 0.717) is 12.1 Å². The van der Waals surface area contributed by atoms with E-state index in [1.165, 1.54) is 0 Å². The third-order valence-electron chi connectivity index (χ3n) is 2.04. The normalized spacial score (nSPS) is 13.9. The minimum absolute atomic E-state index is 0.472. The summed E-state index contributed by atoms with van der Waals surface area (Å²) >= 11 is 0. The molecule has 0 radical (unpaired) electrons. The molecule has 0 amide bonds. The molecule has 1 aromatic rings. The van der Waals surface area contributed by atoms with Gasteiger partial charge in [-0.25, -0.2) is 4.39 Å². The Hall–Kier alpha value is -1.34. The van der Waals surface area contributed by atoms with Crippen molar-refractivity contribution in [3.05, 3.63) is 29.1 Å². The maximum absolute atomic E-state index is 12.9. The van der Waals surface area contributed by atoms with Gasteiger partial charge in [-0.05, 0) is 12.1 Å². The fourth-order valence-corrected chi connectivity index (χ4v) is 1.30.